The lowest BCUT2D eigenvalue weighted by Crippen LogP contribution is -2.31. The highest BCUT2D eigenvalue weighted by Crippen LogP contribution is 2.37. The number of aryl methyl sites for hydroxylation is 2. The van der Waals surface area contributed by atoms with Crippen LogP contribution in [0.1, 0.15) is 36.6 Å². The molecule has 4 rings (SSSR count). The van der Waals surface area contributed by atoms with Crippen molar-refractivity contribution in [1.82, 2.24) is 24.6 Å². The van der Waals surface area contributed by atoms with Crippen LogP contribution in [0.25, 0.3) is 11.1 Å². The minimum Gasteiger partial charge on any atom is -0.368 e. The minimum atomic E-state index is -0.0798. The first kappa shape index (κ1) is 18.2. The predicted octanol–water partition coefficient (Wildman–Crippen LogP) is 2.76. The number of nitrogens with two attached hydrogens (primary N) is 1. The van der Waals surface area contributed by atoms with Crippen molar-refractivity contribution in [3.05, 3.63) is 60.2 Å². The van der Waals surface area contributed by atoms with Crippen LogP contribution < -0.4 is 5.73 Å². The number of aromatic nitrogens is 4. The molecule has 1 aliphatic rings. The molecule has 3 heterocycles. The van der Waals surface area contributed by atoms with Gasteiger partial charge in [-0.2, -0.15) is 5.10 Å². The number of rotatable bonds is 5. The zero-order valence-corrected chi connectivity index (χ0v) is 16.0. The Balaban J connectivity index is 1.58. The number of hydrogen-bond donors (Lipinski definition) is 1. The third-order valence-electron chi connectivity index (χ3n) is 5.21. The van der Waals surface area contributed by atoms with Gasteiger partial charge in [0.05, 0.1) is 17.9 Å². The van der Waals surface area contributed by atoms with Crippen LogP contribution in [0.2, 0.25) is 0 Å². The van der Waals surface area contributed by atoms with Crippen LogP contribution in [-0.2, 0) is 18.3 Å². The Labute approximate surface area is 164 Å². The Morgan fingerprint density at radius 2 is 2.07 bits per heavy atom. The topological polar surface area (TPSA) is 89.9 Å². The van der Waals surface area contributed by atoms with E-state index in [4.69, 9.17) is 5.73 Å². The molecule has 7 nitrogen and oxygen atoms in total. The highest BCUT2D eigenvalue weighted by Gasteiger charge is 2.33. The summed E-state index contributed by atoms with van der Waals surface area (Å²) in [5.74, 6) is 0.381. The van der Waals surface area contributed by atoms with Gasteiger partial charge >= 0.3 is 0 Å². The molecular formula is C21H24N6O. The number of benzene rings is 1. The highest BCUT2D eigenvalue weighted by molar-refractivity contribution is 5.78. The predicted molar refractivity (Wildman–Crippen MR) is 107 cm³/mol. The summed E-state index contributed by atoms with van der Waals surface area (Å²) in [5.41, 5.74) is 9.69. The molecule has 1 fully saturated rings. The van der Waals surface area contributed by atoms with Crippen LogP contribution in [0.3, 0.4) is 0 Å². The Morgan fingerprint density at radius 3 is 2.82 bits per heavy atom. The van der Waals surface area contributed by atoms with Gasteiger partial charge in [0, 0.05) is 43.5 Å². The van der Waals surface area contributed by atoms with Gasteiger partial charge in [-0.1, -0.05) is 30.3 Å². The number of carbonyl (C=O) groups is 1. The summed E-state index contributed by atoms with van der Waals surface area (Å²) in [7, 11) is 1.87. The fourth-order valence-electron chi connectivity index (χ4n) is 3.84. The number of anilines is 1. The average Bonchev–Trinajstić information content (AvgIpc) is 3.36. The summed E-state index contributed by atoms with van der Waals surface area (Å²) < 4.78 is 1.74. The van der Waals surface area contributed by atoms with Gasteiger partial charge in [0.1, 0.15) is 0 Å². The fraction of sp³-hybridized carbons (Fsp3) is 0.333. The molecule has 7 heteroatoms. The van der Waals surface area contributed by atoms with Gasteiger partial charge in [0.25, 0.3) is 0 Å². The Morgan fingerprint density at radius 1 is 1.25 bits per heavy atom. The molecule has 1 aromatic carbocycles. The summed E-state index contributed by atoms with van der Waals surface area (Å²) in [4.78, 5) is 23.6. The molecule has 0 saturated carbocycles. The molecule has 28 heavy (non-hydrogen) atoms. The molecule has 2 aromatic heterocycles. The Kier molecular flexibility index (Phi) is 5.06. The summed E-state index contributed by atoms with van der Waals surface area (Å²) >= 11 is 0. The van der Waals surface area contributed by atoms with E-state index in [1.807, 2.05) is 36.3 Å². The van der Waals surface area contributed by atoms with Crippen LogP contribution in [-0.4, -0.2) is 37.1 Å². The van der Waals surface area contributed by atoms with E-state index in [2.05, 4.69) is 27.2 Å². The first-order chi connectivity index (χ1) is 13.6. The molecule has 0 spiro atoms. The molecule has 1 unspecified atom stereocenters. The largest absolute Gasteiger partial charge is 0.368 e. The summed E-state index contributed by atoms with van der Waals surface area (Å²) in [6.45, 7) is 0.745. The van der Waals surface area contributed by atoms with Crippen molar-refractivity contribution >= 4 is 11.9 Å². The first-order valence-electron chi connectivity index (χ1n) is 9.56. The molecule has 0 aliphatic carbocycles. The summed E-state index contributed by atoms with van der Waals surface area (Å²) in [6, 6.07) is 10.0. The number of likely N-dealkylation sites (tertiary alicyclic amines) is 1. The normalized spacial score (nSPS) is 16.5. The molecule has 0 radical (unpaired) electrons. The molecule has 144 valence electrons. The second-order valence-corrected chi connectivity index (χ2v) is 7.16. The second kappa shape index (κ2) is 7.80. The SMILES string of the molecule is Cn1cc(-c2cnc(N)nc2C2CCCN2C(=O)CCc2ccccc2)cn1. The van der Waals surface area contributed by atoms with Gasteiger partial charge < -0.3 is 10.6 Å². The molecule has 1 atom stereocenters. The molecule has 0 bridgehead atoms. The zero-order valence-electron chi connectivity index (χ0n) is 16.0. The molecular weight excluding hydrogens is 352 g/mol. The molecule has 1 aliphatic heterocycles. The average molecular weight is 376 g/mol. The van der Waals surface area contributed by atoms with E-state index in [9.17, 15) is 4.79 Å². The van der Waals surface area contributed by atoms with Crippen LogP contribution in [0.15, 0.2) is 48.9 Å². The van der Waals surface area contributed by atoms with Crippen LogP contribution >= 0.6 is 0 Å². The van der Waals surface area contributed by atoms with Gasteiger partial charge in [-0.3, -0.25) is 9.48 Å². The molecule has 3 aromatic rings. The standard InChI is InChI=1S/C21H24N6O/c1-26-14-16(12-24-26)17-13-23-21(22)25-20(17)18-8-5-11-27(18)19(28)10-9-15-6-3-2-4-7-15/h2-4,6-7,12-14,18H,5,8-11H2,1H3,(H2,22,23,25). The number of amides is 1. The van der Waals surface area contributed by atoms with Crippen molar-refractivity contribution in [2.75, 3.05) is 12.3 Å². The number of hydrogen-bond acceptors (Lipinski definition) is 5. The van der Waals surface area contributed by atoms with Crippen molar-refractivity contribution < 1.29 is 4.79 Å². The summed E-state index contributed by atoms with van der Waals surface area (Å²) in [6.07, 6.45) is 8.51. The van der Waals surface area contributed by atoms with Crippen molar-refractivity contribution in [2.45, 2.75) is 31.7 Å². The first-order valence-corrected chi connectivity index (χ1v) is 9.56. The Hall–Kier alpha value is -3.22. The van der Waals surface area contributed by atoms with Gasteiger partial charge in [-0.05, 0) is 24.8 Å². The van der Waals surface area contributed by atoms with E-state index in [0.717, 1.165) is 42.6 Å². The maximum atomic E-state index is 13.0. The quantitative estimate of drug-likeness (QED) is 0.739. The molecule has 2 N–H and O–H groups in total. The third-order valence-corrected chi connectivity index (χ3v) is 5.21. The lowest BCUT2D eigenvalue weighted by atomic mass is 10.0. The van der Waals surface area contributed by atoms with E-state index in [0.29, 0.717) is 6.42 Å². The third kappa shape index (κ3) is 3.74. The van der Waals surface area contributed by atoms with Crippen molar-refractivity contribution in [2.24, 2.45) is 7.05 Å². The lowest BCUT2D eigenvalue weighted by molar-refractivity contribution is -0.132. The number of nitrogen functional groups attached to an aromatic ring is 1. The van der Waals surface area contributed by atoms with E-state index in [-0.39, 0.29) is 17.9 Å². The zero-order chi connectivity index (χ0) is 19.5. The lowest BCUT2D eigenvalue weighted by Gasteiger charge is -2.26. The van der Waals surface area contributed by atoms with E-state index < -0.39 is 0 Å². The van der Waals surface area contributed by atoms with Crippen molar-refractivity contribution in [3.8, 4) is 11.1 Å². The second-order valence-electron chi connectivity index (χ2n) is 7.16. The molecule has 1 saturated heterocycles. The van der Waals surface area contributed by atoms with Crippen LogP contribution in [0, 0.1) is 0 Å². The van der Waals surface area contributed by atoms with Crippen LogP contribution in [0.4, 0.5) is 5.95 Å². The van der Waals surface area contributed by atoms with Crippen molar-refractivity contribution in [1.29, 1.82) is 0 Å². The van der Waals surface area contributed by atoms with E-state index in [1.165, 1.54) is 5.56 Å². The maximum Gasteiger partial charge on any atom is 0.223 e. The van der Waals surface area contributed by atoms with Gasteiger partial charge in [-0.15, -0.1) is 0 Å². The van der Waals surface area contributed by atoms with Crippen LogP contribution in [0.5, 0.6) is 0 Å². The highest BCUT2D eigenvalue weighted by atomic mass is 16.2. The van der Waals surface area contributed by atoms with Gasteiger partial charge in [0.15, 0.2) is 0 Å². The summed E-state index contributed by atoms with van der Waals surface area (Å²) in [5, 5.41) is 4.25. The van der Waals surface area contributed by atoms with Gasteiger partial charge in [-0.25, -0.2) is 9.97 Å². The van der Waals surface area contributed by atoms with Crippen molar-refractivity contribution in [3.63, 3.8) is 0 Å². The maximum absolute atomic E-state index is 13.0. The van der Waals surface area contributed by atoms with E-state index >= 15 is 0 Å². The minimum absolute atomic E-state index is 0.0798. The van der Waals surface area contributed by atoms with E-state index in [1.54, 1.807) is 17.1 Å². The Bertz CT molecular complexity index is 968. The number of nitrogens with zero attached hydrogens (tertiary/aromatic N) is 5. The smallest absolute Gasteiger partial charge is 0.223 e. The number of carbonyl (C=O) groups excluding carboxylic acids is 1. The fourth-order valence-corrected chi connectivity index (χ4v) is 3.84. The van der Waals surface area contributed by atoms with Gasteiger partial charge in [0.2, 0.25) is 11.9 Å². The molecule has 1 amide bonds. The monoisotopic (exact) mass is 376 g/mol.